The summed E-state index contributed by atoms with van der Waals surface area (Å²) in [6, 6.07) is 18.8. The Morgan fingerprint density at radius 3 is 1.74 bits per heavy atom. The van der Waals surface area contributed by atoms with E-state index in [0.29, 0.717) is 33.2 Å². The van der Waals surface area contributed by atoms with Crippen molar-refractivity contribution in [1.29, 1.82) is 0 Å². The number of hydrogen-bond acceptors (Lipinski definition) is 6. The van der Waals surface area contributed by atoms with Crippen LogP contribution in [0.15, 0.2) is 72.8 Å². The lowest BCUT2D eigenvalue weighted by molar-refractivity contribution is 0.0865. The van der Waals surface area contributed by atoms with Gasteiger partial charge in [0.25, 0.3) is 17.7 Å². The summed E-state index contributed by atoms with van der Waals surface area (Å²) in [7, 11) is 0. The van der Waals surface area contributed by atoms with Crippen molar-refractivity contribution >= 4 is 51.4 Å². The molecule has 3 amide bonds. The summed E-state index contributed by atoms with van der Waals surface area (Å²) >= 11 is 0. The lowest BCUT2D eigenvalue weighted by Crippen LogP contribution is -2.42. The van der Waals surface area contributed by atoms with Gasteiger partial charge in [0.2, 0.25) is 0 Å². The van der Waals surface area contributed by atoms with Gasteiger partial charge in [-0.2, -0.15) is 0 Å². The summed E-state index contributed by atoms with van der Waals surface area (Å²) in [6.07, 6.45) is -1.41. The minimum absolute atomic E-state index is 0.180. The molecule has 0 bridgehead atoms. The van der Waals surface area contributed by atoms with E-state index in [0.717, 1.165) is 4.90 Å². The van der Waals surface area contributed by atoms with Gasteiger partial charge in [0, 0.05) is 49.8 Å². The fraction of sp³-hybridized carbons (Fsp3) is 0.100. The van der Waals surface area contributed by atoms with Gasteiger partial charge in [-0.05, 0) is 56.3 Å². The smallest absolute Gasteiger partial charge is 0.265 e. The van der Waals surface area contributed by atoms with Gasteiger partial charge >= 0.3 is 0 Å². The van der Waals surface area contributed by atoms with Crippen LogP contribution in [-0.4, -0.2) is 34.4 Å². The zero-order valence-electron chi connectivity index (χ0n) is 20.4. The van der Waals surface area contributed by atoms with Gasteiger partial charge in [-0.1, -0.05) is 30.3 Å². The van der Waals surface area contributed by atoms with Crippen molar-refractivity contribution in [2.75, 3.05) is 9.80 Å². The summed E-state index contributed by atoms with van der Waals surface area (Å²) in [5, 5.41) is 12.0. The second-order valence-corrected chi connectivity index (χ2v) is 9.32. The molecule has 4 aromatic carbocycles. The van der Waals surface area contributed by atoms with Gasteiger partial charge in [0.1, 0.15) is 0 Å². The molecule has 1 atom stereocenters. The number of benzene rings is 4. The molecule has 38 heavy (non-hydrogen) atoms. The number of Topliss-reactive ketones (excluding diaryl/α,β-unsaturated/α-hetero) is 2. The zero-order valence-corrected chi connectivity index (χ0v) is 20.4. The van der Waals surface area contributed by atoms with E-state index in [1.807, 2.05) is 0 Å². The van der Waals surface area contributed by atoms with E-state index < -0.39 is 23.9 Å². The number of amides is 3. The molecule has 1 N–H and O–H groups in total. The summed E-state index contributed by atoms with van der Waals surface area (Å²) < 4.78 is 0. The SMILES string of the molecule is CC(=O)c1cccc(N2C(=O)c3ccc4c5c(ccc(c35)C2=O)C(O)N(c2cccc(C(C)=O)c2)C4=O)c1. The molecule has 0 aliphatic carbocycles. The van der Waals surface area contributed by atoms with Crippen molar-refractivity contribution in [3.05, 3.63) is 106 Å². The van der Waals surface area contributed by atoms with Crippen LogP contribution >= 0.6 is 0 Å². The molecule has 2 aliphatic rings. The van der Waals surface area contributed by atoms with Crippen molar-refractivity contribution in [2.24, 2.45) is 0 Å². The number of ketones is 2. The van der Waals surface area contributed by atoms with Crippen LogP contribution in [0.5, 0.6) is 0 Å². The third-order valence-electron chi connectivity index (χ3n) is 7.07. The molecule has 2 aliphatic heterocycles. The van der Waals surface area contributed by atoms with E-state index >= 15 is 0 Å². The van der Waals surface area contributed by atoms with Crippen LogP contribution in [0.3, 0.4) is 0 Å². The van der Waals surface area contributed by atoms with E-state index in [1.165, 1.54) is 49.1 Å². The van der Waals surface area contributed by atoms with Crippen molar-refractivity contribution in [3.8, 4) is 0 Å². The molecule has 4 aromatic rings. The molecule has 8 heteroatoms. The second-order valence-electron chi connectivity index (χ2n) is 9.32. The predicted molar refractivity (Wildman–Crippen MR) is 140 cm³/mol. The van der Waals surface area contributed by atoms with E-state index in [9.17, 15) is 29.1 Å². The molecule has 8 nitrogen and oxygen atoms in total. The maximum Gasteiger partial charge on any atom is 0.265 e. The Labute approximate surface area is 216 Å². The normalized spacial score (nSPS) is 16.3. The molecule has 0 fully saturated rings. The standard InChI is InChI=1S/C30H20N2O6/c1-15(33)17-5-3-7-19(13-17)31-27(35)21-9-11-23-26-24(12-10-22(25(21)26)28(31)36)30(38)32(29(23)37)20-8-4-6-18(14-20)16(2)34/h3-14,27,35H,1-2H3. The number of aliphatic hydroxyl groups is 1. The van der Waals surface area contributed by atoms with Crippen LogP contribution in [-0.2, 0) is 0 Å². The Balaban J connectivity index is 1.51. The molecule has 0 saturated carbocycles. The van der Waals surface area contributed by atoms with Crippen molar-refractivity contribution in [3.63, 3.8) is 0 Å². The van der Waals surface area contributed by atoms with Crippen LogP contribution in [0.25, 0.3) is 10.8 Å². The fourth-order valence-corrected chi connectivity index (χ4v) is 5.22. The Morgan fingerprint density at radius 2 is 1.16 bits per heavy atom. The monoisotopic (exact) mass is 504 g/mol. The third-order valence-corrected chi connectivity index (χ3v) is 7.07. The average Bonchev–Trinajstić information content (AvgIpc) is 2.91. The lowest BCUT2D eigenvalue weighted by Gasteiger charge is -2.36. The van der Waals surface area contributed by atoms with E-state index in [4.69, 9.17) is 0 Å². The molecule has 0 spiro atoms. The molecule has 186 valence electrons. The Bertz CT molecular complexity index is 1750. The maximum absolute atomic E-state index is 13.6. The fourth-order valence-electron chi connectivity index (χ4n) is 5.22. The highest BCUT2D eigenvalue weighted by atomic mass is 16.3. The summed E-state index contributed by atoms with van der Waals surface area (Å²) in [4.78, 5) is 66.9. The van der Waals surface area contributed by atoms with Crippen LogP contribution in [0.2, 0.25) is 0 Å². The van der Waals surface area contributed by atoms with Gasteiger partial charge in [-0.15, -0.1) is 0 Å². The largest absolute Gasteiger partial charge is 0.369 e. The van der Waals surface area contributed by atoms with E-state index in [-0.39, 0.29) is 33.9 Å². The van der Waals surface area contributed by atoms with Crippen LogP contribution in [0.4, 0.5) is 11.4 Å². The molecule has 0 radical (unpaired) electrons. The molecule has 2 heterocycles. The highest BCUT2D eigenvalue weighted by Gasteiger charge is 2.40. The topological polar surface area (TPSA) is 112 Å². The second kappa shape index (κ2) is 8.29. The van der Waals surface area contributed by atoms with Gasteiger partial charge in [0.15, 0.2) is 17.8 Å². The molecule has 0 aromatic heterocycles. The number of anilines is 2. The number of aliphatic hydroxyl groups excluding tert-OH is 1. The first-order valence-corrected chi connectivity index (χ1v) is 11.9. The number of nitrogens with zero attached hydrogens (tertiary/aromatic N) is 2. The Hall–Kier alpha value is -4.95. The highest BCUT2D eigenvalue weighted by Crippen LogP contribution is 2.43. The average molecular weight is 504 g/mol. The van der Waals surface area contributed by atoms with Gasteiger partial charge in [-0.25, -0.2) is 4.90 Å². The van der Waals surface area contributed by atoms with Crippen LogP contribution in [0.1, 0.15) is 77.4 Å². The lowest BCUT2D eigenvalue weighted by atomic mass is 9.85. The summed E-state index contributed by atoms with van der Waals surface area (Å²) in [5.74, 6) is -2.09. The van der Waals surface area contributed by atoms with Gasteiger partial charge in [0.05, 0.1) is 5.69 Å². The maximum atomic E-state index is 13.6. The first-order valence-electron chi connectivity index (χ1n) is 11.9. The molecular formula is C30H20N2O6. The summed E-state index contributed by atoms with van der Waals surface area (Å²) in [6.45, 7) is 2.82. The van der Waals surface area contributed by atoms with Crippen molar-refractivity contribution in [1.82, 2.24) is 0 Å². The minimum Gasteiger partial charge on any atom is -0.369 e. The molecule has 0 saturated heterocycles. The number of carbonyl (C=O) groups excluding carboxylic acids is 5. The van der Waals surface area contributed by atoms with Crippen molar-refractivity contribution in [2.45, 2.75) is 20.1 Å². The Morgan fingerprint density at radius 1 is 0.658 bits per heavy atom. The molecular weight excluding hydrogens is 484 g/mol. The van der Waals surface area contributed by atoms with E-state index in [1.54, 1.807) is 42.5 Å². The minimum atomic E-state index is -1.41. The quantitative estimate of drug-likeness (QED) is 0.319. The Kier molecular flexibility index (Phi) is 5.12. The number of carbonyl (C=O) groups is 5. The van der Waals surface area contributed by atoms with Gasteiger partial charge < -0.3 is 5.11 Å². The number of rotatable bonds is 4. The first kappa shape index (κ1) is 23.4. The summed E-state index contributed by atoms with van der Waals surface area (Å²) in [5.41, 5.74) is 2.37. The number of imide groups is 1. The highest BCUT2D eigenvalue weighted by molar-refractivity contribution is 6.37. The van der Waals surface area contributed by atoms with Crippen molar-refractivity contribution < 1.29 is 29.1 Å². The molecule has 1 unspecified atom stereocenters. The third kappa shape index (κ3) is 3.24. The van der Waals surface area contributed by atoms with Gasteiger partial charge in [-0.3, -0.25) is 28.9 Å². The number of hydrogen-bond donors (Lipinski definition) is 1. The van der Waals surface area contributed by atoms with E-state index in [2.05, 4.69) is 0 Å². The molecule has 6 rings (SSSR count). The predicted octanol–water partition coefficient (Wildman–Crippen LogP) is 4.70. The van der Waals surface area contributed by atoms with Crippen LogP contribution in [0, 0.1) is 0 Å². The zero-order chi connectivity index (χ0) is 26.9. The first-order chi connectivity index (χ1) is 18.2. The van der Waals surface area contributed by atoms with Crippen LogP contribution < -0.4 is 9.80 Å².